The second-order valence-corrected chi connectivity index (χ2v) is 8.38. The molecule has 2 heterocycles. The Bertz CT molecular complexity index is 942. The van der Waals surface area contributed by atoms with Crippen molar-refractivity contribution >= 4 is 33.8 Å². The molecule has 4 rings (SSSR count). The van der Waals surface area contributed by atoms with Gasteiger partial charge in [-0.3, -0.25) is 9.48 Å². The second-order valence-electron chi connectivity index (χ2n) is 6.89. The van der Waals surface area contributed by atoms with Crippen LogP contribution in [0.15, 0.2) is 0 Å². The molecule has 0 bridgehead atoms. The number of aromatic nitrogens is 2. The summed E-state index contributed by atoms with van der Waals surface area (Å²) in [5, 5.41) is 16.6. The van der Waals surface area contributed by atoms with E-state index in [4.69, 9.17) is 11.6 Å². The SMILES string of the molecule is N#Cc1c(NC(=O)Cn2nc(C(F)F)c(Cl)c2C2CC2)sc2c1CCCC2. The van der Waals surface area contributed by atoms with Gasteiger partial charge in [0.25, 0.3) is 6.43 Å². The number of hydrogen-bond donors (Lipinski definition) is 1. The predicted octanol–water partition coefficient (Wildman–Crippen LogP) is 4.80. The van der Waals surface area contributed by atoms with E-state index in [0.717, 1.165) is 49.0 Å². The number of carbonyl (C=O) groups excluding carboxylic acids is 1. The lowest BCUT2D eigenvalue weighted by Crippen LogP contribution is -2.21. The van der Waals surface area contributed by atoms with Crippen LogP contribution >= 0.6 is 22.9 Å². The van der Waals surface area contributed by atoms with Crippen LogP contribution in [0.4, 0.5) is 13.8 Å². The molecule has 5 nitrogen and oxygen atoms in total. The number of amides is 1. The Morgan fingerprint density at radius 3 is 2.81 bits per heavy atom. The summed E-state index contributed by atoms with van der Waals surface area (Å²) in [4.78, 5) is 13.7. The number of anilines is 1. The molecule has 142 valence electrons. The van der Waals surface area contributed by atoms with Crippen molar-refractivity contribution in [2.24, 2.45) is 0 Å². The van der Waals surface area contributed by atoms with Gasteiger partial charge in [0.2, 0.25) is 5.91 Å². The summed E-state index contributed by atoms with van der Waals surface area (Å²) in [6.45, 7) is -0.203. The molecule has 2 aliphatic rings. The van der Waals surface area contributed by atoms with Gasteiger partial charge in [-0.05, 0) is 44.1 Å². The Balaban J connectivity index is 1.57. The maximum atomic E-state index is 13.1. The molecule has 1 saturated carbocycles. The van der Waals surface area contributed by atoms with Crippen LogP contribution in [0.3, 0.4) is 0 Å². The van der Waals surface area contributed by atoms with E-state index >= 15 is 0 Å². The molecule has 2 aliphatic carbocycles. The summed E-state index contributed by atoms with van der Waals surface area (Å²) < 4.78 is 27.5. The van der Waals surface area contributed by atoms with Crippen molar-refractivity contribution in [3.05, 3.63) is 32.4 Å². The van der Waals surface area contributed by atoms with E-state index in [0.29, 0.717) is 16.3 Å². The number of alkyl halides is 2. The summed E-state index contributed by atoms with van der Waals surface area (Å²) in [6, 6.07) is 2.19. The number of hydrogen-bond acceptors (Lipinski definition) is 4. The highest BCUT2D eigenvalue weighted by Gasteiger charge is 2.34. The zero-order valence-corrected chi connectivity index (χ0v) is 16.0. The van der Waals surface area contributed by atoms with Crippen LogP contribution in [0.1, 0.15) is 65.4 Å². The highest BCUT2D eigenvalue weighted by Crippen LogP contribution is 2.45. The Morgan fingerprint density at radius 1 is 1.41 bits per heavy atom. The lowest BCUT2D eigenvalue weighted by atomic mass is 9.96. The van der Waals surface area contributed by atoms with Crippen molar-refractivity contribution in [1.29, 1.82) is 5.26 Å². The fraction of sp³-hybridized carbons (Fsp3) is 0.500. The van der Waals surface area contributed by atoms with Crippen LogP contribution in [0.2, 0.25) is 5.02 Å². The van der Waals surface area contributed by atoms with E-state index in [2.05, 4.69) is 16.5 Å². The standard InChI is InChI=1S/C18H17ClF2N4OS/c19-14-15(17(20)21)24-25(16(14)9-5-6-9)8-13(26)23-18-11(7-22)10-3-1-2-4-12(10)27-18/h9,17H,1-6,8H2,(H,23,26). The van der Waals surface area contributed by atoms with E-state index in [1.807, 2.05) is 0 Å². The third kappa shape index (κ3) is 3.46. The number of thiophene rings is 1. The van der Waals surface area contributed by atoms with Gasteiger partial charge in [-0.1, -0.05) is 11.6 Å². The van der Waals surface area contributed by atoms with Crippen molar-refractivity contribution < 1.29 is 13.6 Å². The van der Waals surface area contributed by atoms with Gasteiger partial charge in [0.1, 0.15) is 23.3 Å². The van der Waals surface area contributed by atoms with Gasteiger partial charge in [-0.2, -0.15) is 10.4 Å². The number of nitriles is 1. The molecule has 0 spiro atoms. The minimum Gasteiger partial charge on any atom is -0.315 e. The highest BCUT2D eigenvalue weighted by atomic mass is 35.5. The first-order chi connectivity index (χ1) is 13.0. The molecule has 9 heteroatoms. The molecule has 0 atom stereocenters. The Labute approximate surface area is 163 Å². The molecule has 0 unspecified atom stereocenters. The first-order valence-electron chi connectivity index (χ1n) is 8.88. The summed E-state index contributed by atoms with van der Waals surface area (Å²) in [6.07, 6.45) is 2.81. The van der Waals surface area contributed by atoms with E-state index in [1.165, 1.54) is 16.0 Å². The highest BCUT2D eigenvalue weighted by molar-refractivity contribution is 7.16. The third-order valence-electron chi connectivity index (χ3n) is 4.96. The fourth-order valence-electron chi connectivity index (χ4n) is 3.55. The molecule has 0 saturated heterocycles. The molecular weight excluding hydrogens is 394 g/mol. The number of carbonyl (C=O) groups is 1. The largest absolute Gasteiger partial charge is 0.315 e. The molecule has 1 amide bonds. The zero-order chi connectivity index (χ0) is 19.1. The number of fused-ring (bicyclic) bond motifs is 1. The van der Waals surface area contributed by atoms with Crippen molar-refractivity contribution in [2.45, 2.75) is 57.4 Å². The zero-order valence-electron chi connectivity index (χ0n) is 14.4. The molecule has 0 aromatic carbocycles. The average Bonchev–Trinajstić information content (AvgIpc) is 3.32. The van der Waals surface area contributed by atoms with Gasteiger partial charge in [-0.25, -0.2) is 8.78 Å². The van der Waals surface area contributed by atoms with Crippen molar-refractivity contribution in [3.8, 4) is 6.07 Å². The first kappa shape index (κ1) is 18.4. The Kier molecular flexibility index (Phi) is 4.91. The van der Waals surface area contributed by atoms with Gasteiger partial charge < -0.3 is 5.32 Å². The summed E-state index contributed by atoms with van der Waals surface area (Å²) in [5.41, 5.74) is 1.59. The second kappa shape index (κ2) is 7.21. The first-order valence-corrected chi connectivity index (χ1v) is 10.1. The molecule has 0 radical (unpaired) electrons. The minimum absolute atomic E-state index is 0.0374. The number of nitrogens with zero attached hydrogens (tertiary/aromatic N) is 3. The smallest absolute Gasteiger partial charge is 0.283 e. The lowest BCUT2D eigenvalue weighted by molar-refractivity contribution is -0.116. The monoisotopic (exact) mass is 410 g/mol. The van der Waals surface area contributed by atoms with Crippen LogP contribution in [0.25, 0.3) is 0 Å². The summed E-state index contributed by atoms with van der Waals surface area (Å²) >= 11 is 7.51. The number of nitrogens with one attached hydrogen (secondary N) is 1. The lowest BCUT2D eigenvalue weighted by Gasteiger charge is -2.09. The average molecular weight is 411 g/mol. The van der Waals surface area contributed by atoms with Gasteiger partial charge in [0.05, 0.1) is 16.3 Å². The van der Waals surface area contributed by atoms with Crippen LogP contribution in [0, 0.1) is 11.3 Å². The summed E-state index contributed by atoms with van der Waals surface area (Å²) in [7, 11) is 0. The topological polar surface area (TPSA) is 70.7 Å². The van der Waals surface area contributed by atoms with Crippen LogP contribution in [0.5, 0.6) is 0 Å². The molecule has 2 aromatic heterocycles. The molecule has 2 aromatic rings. The maximum absolute atomic E-state index is 13.1. The molecule has 0 aliphatic heterocycles. The number of aryl methyl sites for hydroxylation is 1. The molecular formula is C18H17ClF2N4OS. The van der Waals surface area contributed by atoms with Crippen molar-refractivity contribution in [3.63, 3.8) is 0 Å². The van der Waals surface area contributed by atoms with E-state index in [1.54, 1.807) is 0 Å². The van der Waals surface area contributed by atoms with Crippen LogP contribution < -0.4 is 5.32 Å². The van der Waals surface area contributed by atoms with E-state index < -0.39 is 18.0 Å². The Morgan fingerprint density at radius 2 is 2.15 bits per heavy atom. The molecule has 1 fully saturated rings. The van der Waals surface area contributed by atoms with Crippen LogP contribution in [-0.2, 0) is 24.2 Å². The quantitative estimate of drug-likeness (QED) is 0.769. The van der Waals surface area contributed by atoms with Gasteiger partial charge in [-0.15, -0.1) is 11.3 Å². The number of halogens is 3. The van der Waals surface area contributed by atoms with E-state index in [9.17, 15) is 18.8 Å². The third-order valence-corrected chi connectivity index (χ3v) is 6.55. The van der Waals surface area contributed by atoms with Gasteiger partial charge in [0.15, 0.2) is 0 Å². The van der Waals surface area contributed by atoms with Gasteiger partial charge >= 0.3 is 0 Å². The summed E-state index contributed by atoms with van der Waals surface area (Å²) in [5.74, 6) is -0.319. The molecule has 27 heavy (non-hydrogen) atoms. The fourth-order valence-corrected chi connectivity index (χ4v) is 5.18. The molecule has 1 N–H and O–H groups in total. The van der Waals surface area contributed by atoms with Crippen LogP contribution in [-0.4, -0.2) is 15.7 Å². The van der Waals surface area contributed by atoms with Crippen molar-refractivity contribution in [1.82, 2.24) is 9.78 Å². The number of rotatable bonds is 5. The van der Waals surface area contributed by atoms with Gasteiger partial charge in [0, 0.05) is 10.8 Å². The maximum Gasteiger partial charge on any atom is 0.283 e. The van der Waals surface area contributed by atoms with E-state index in [-0.39, 0.29) is 17.5 Å². The Hall–Kier alpha value is -1.98. The minimum atomic E-state index is -2.78. The predicted molar refractivity (Wildman–Crippen MR) is 98.5 cm³/mol. The van der Waals surface area contributed by atoms with Crippen molar-refractivity contribution in [2.75, 3.05) is 5.32 Å². The normalized spacial score (nSPS) is 16.3.